The second-order valence-electron chi connectivity index (χ2n) is 9.82. The molecule has 1 fully saturated rings. The van der Waals surface area contributed by atoms with Gasteiger partial charge in [-0.15, -0.1) is 11.8 Å². The van der Waals surface area contributed by atoms with Crippen LogP contribution in [0.4, 0.5) is 0 Å². The van der Waals surface area contributed by atoms with Gasteiger partial charge in [-0.25, -0.2) is 0 Å². The SMILES string of the molecule is CCc1ccc(Cc2cc([C@]3(O)O[C@H](COC(C)=O)[C@@H](OC(C)=O)[C@H](OC(C)=O)[C@H]3OC(C)=O)c(SC)cc2Br)cc1. The summed E-state index contributed by atoms with van der Waals surface area (Å²) in [5.41, 5.74) is 3.22. The number of carbonyl (C=O) groups excluding carboxylic acids is 4. The lowest BCUT2D eigenvalue weighted by Gasteiger charge is -2.49. The zero-order valence-corrected chi connectivity index (χ0v) is 26.7. The monoisotopic (exact) mass is 666 g/mol. The van der Waals surface area contributed by atoms with Gasteiger partial charge < -0.3 is 28.8 Å². The standard InChI is InChI=1S/C30H35BrO10S/c1-7-20-8-10-21(11-9-20)12-22-13-23(26(42-6)14-24(22)31)30(36)29(40-19(5)35)28(39-18(4)34)27(38-17(3)33)25(41-30)15-37-16(2)32/h8-11,13-14,25,27-29,36H,7,12,15H2,1-6H3/t25-,27-,28+,29-,30+/m1/s1. The molecule has 1 aliphatic heterocycles. The number of ether oxygens (including phenoxy) is 5. The van der Waals surface area contributed by atoms with E-state index in [0.717, 1.165) is 42.8 Å². The quantitative estimate of drug-likeness (QED) is 0.222. The Bertz CT molecular complexity index is 1310. The van der Waals surface area contributed by atoms with Gasteiger partial charge in [-0.3, -0.25) is 19.2 Å². The number of aliphatic hydroxyl groups is 1. The van der Waals surface area contributed by atoms with Crippen molar-refractivity contribution in [2.45, 2.75) is 82.6 Å². The van der Waals surface area contributed by atoms with Crippen molar-refractivity contribution in [1.29, 1.82) is 0 Å². The minimum absolute atomic E-state index is 0.218. The van der Waals surface area contributed by atoms with Gasteiger partial charge in [0.05, 0.1) is 0 Å². The summed E-state index contributed by atoms with van der Waals surface area (Å²) < 4.78 is 28.6. The summed E-state index contributed by atoms with van der Waals surface area (Å²) in [5, 5.41) is 12.4. The van der Waals surface area contributed by atoms with Gasteiger partial charge in [0.1, 0.15) is 12.7 Å². The van der Waals surface area contributed by atoms with Crippen LogP contribution in [0.2, 0.25) is 0 Å². The molecule has 1 saturated heterocycles. The molecule has 0 aromatic heterocycles. The molecule has 0 radical (unpaired) electrons. The van der Waals surface area contributed by atoms with Crippen molar-refractivity contribution in [3.8, 4) is 0 Å². The summed E-state index contributed by atoms with van der Waals surface area (Å²) in [6.07, 6.45) is -2.68. The minimum atomic E-state index is -2.42. The molecule has 10 nitrogen and oxygen atoms in total. The van der Waals surface area contributed by atoms with Crippen molar-refractivity contribution in [3.63, 3.8) is 0 Å². The first-order valence-corrected chi connectivity index (χ1v) is 15.3. The van der Waals surface area contributed by atoms with Crippen LogP contribution < -0.4 is 0 Å². The molecule has 0 unspecified atom stereocenters. The zero-order chi connectivity index (χ0) is 31.2. The summed E-state index contributed by atoms with van der Waals surface area (Å²) in [5.74, 6) is -5.43. The second-order valence-corrected chi connectivity index (χ2v) is 11.5. The Morgan fingerprint density at radius 1 is 0.905 bits per heavy atom. The van der Waals surface area contributed by atoms with Crippen LogP contribution in [0.25, 0.3) is 0 Å². The maximum absolute atomic E-state index is 12.4. The van der Waals surface area contributed by atoms with Gasteiger partial charge in [-0.05, 0) is 47.9 Å². The molecule has 1 N–H and O–H groups in total. The minimum Gasteiger partial charge on any atom is -0.463 e. The summed E-state index contributed by atoms with van der Waals surface area (Å²) in [6, 6.07) is 11.7. The predicted molar refractivity (Wildman–Crippen MR) is 157 cm³/mol. The fraction of sp³-hybridized carbons (Fsp3) is 0.467. The number of hydrogen-bond donors (Lipinski definition) is 1. The molecule has 0 bridgehead atoms. The summed E-state index contributed by atoms with van der Waals surface area (Å²) in [7, 11) is 0. The normalized spacial score (nSPS) is 23.5. The third-order valence-electron chi connectivity index (χ3n) is 6.63. The highest BCUT2D eigenvalue weighted by molar-refractivity contribution is 9.10. The van der Waals surface area contributed by atoms with E-state index in [1.807, 2.05) is 30.3 Å². The van der Waals surface area contributed by atoms with E-state index < -0.39 is 60.7 Å². The molecule has 2 aromatic carbocycles. The fourth-order valence-corrected chi connectivity index (χ4v) is 6.09. The second kappa shape index (κ2) is 14.5. The number of carbonyl (C=O) groups is 4. The van der Waals surface area contributed by atoms with Gasteiger partial charge in [0, 0.05) is 42.6 Å². The first-order chi connectivity index (χ1) is 19.8. The van der Waals surface area contributed by atoms with Gasteiger partial charge in [0.15, 0.2) is 12.2 Å². The molecule has 0 amide bonds. The number of benzene rings is 2. The van der Waals surface area contributed by atoms with Crippen molar-refractivity contribution < 1.29 is 48.0 Å². The maximum atomic E-state index is 12.4. The van der Waals surface area contributed by atoms with Gasteiger partial charge in [0.25, 0.3) is 0 Å². The predicted octanol–water partition coefficient (Wildman–Crippen LogP) is 4.23. The van der Waals surface area contributed by atoms with Crippen molar-refractivity contribution in [2.24, 2.45) is 0 Å². The summed E-state index contributed by atoms with van der Waals surface area (Å²) in [4.78, 5) is 48.9. The topological polar surface area (TPSA) is 135 Å². The highest BCUT2D eigenvalue weighted by atomic mass is 79.9. The lowest BCUT2D eigenvalue weighted by Crippen LogP contribution is -2.66. The molecule has 3 rings (SSSR count). The van der Waals surface area contributed by atoms with Crippen LogP contribution >= 0.6 is 27.7 Å². The number of thioether (sulfide) groups is 1. The molecule has 2 aromatic rings. The molecular weight excluding hydrogens is 632 g/mol. The smallest absolute Gasteiger partial charge is 0.303 e. The fourth-order valence-electron chi connectivity index (χ4n) is 4.79. The number of hydrogen-bond acceptors (Lipinski definition) is 11. The Morgan fingerprint density at radius 3 is 2.00 bits per heavy atom. The average Bonchev–Trinajstić information content (AvgIpc) is 2.91. The van der Waals surface area contributed by atoms with Crippen LogP contribution in [-0.4, -0.2) is 66.3 Å². The van der Waals surface area contributed by atoms with Gasteiger partial charge in [-0.1, -0.05) is 47.1 Å². The summed E-state index contributed by atoms with van der Waals surface area (Å²) >= 11 is 4.93. The first kappa shape index (κ1) is 33.6. The van der Waals surface area contributed by atoms with E-state index in [4.69, 9.17) is 23.7 Å². The molecule has 1 heterocycles. The molecular formula is C30H35BrO10S. The number of rotatable bonds is 10. The van der Waals surface area contributed by atoms with Gasteiger partial charge in [0.2, 0.25) is 11.9 Å². The van der Waals surface area contributed by atoms with E-state index in [1.165, 1.54) is 24.2 Å². The highest BCUT2D eigenvalue weighted by Gasteiger charge is 2.61. The third kappa shape index (κ3) is 8.12. The van der Waals surface area contributed by atoms with Crippen LogP contribution in [0, 0.1) is 0 Å². The van der Waals surface area contributed by atoms with Crippen molar-refractivity contribution in [1.82, 2.24) is 0 Å². The first-order valence-electron chi connectivity index (χ1n) is 13.3. The molecule has 42 heavy (non-hydrogen) atoms. The largest absolute Gasteiger partial charge is 0.463 e. The highest BCUT2D eigenvalue weighted by Crippen LogP contribution is 2.45. The Labute approximate surface area is 257 Å². The zero-order valence-electron chi connectivity index (χ0n) is 24.3. The van der Waals surface area contributed by atoms with E-state index in [-0.39, 0.29) is 5.56 Å². The van der Waals surface area contributed by atoms with Crippen molar-refractivity contribution >= 4 is 51.6 Å². The Balaban J connectivity index is 2.22. The molecule has 1 aliphatic rings. The van der Waals surface area contributed by atoms with E-state index in [1.54, 1.807) is 12.3 Å². The summed E-state index contributed by atoms with van der Waals surface area (Å²) in [6.45, 7) is 6.19. The van der Waals surface area contributed by atoms with Crippen LogP contribution in [0.1, 0.15) is 56.9 Å². The number of aryl methyl sites for hydroxylation is 1. The molecule has 228 valence electrons. The van der Waals surface area contributed by atoms with Gasteiger partial charge in [-0.2, -0.15) is 0 Å². The molecule has 0 aliphatic carbocycles. The maximum Gasteiger partial charge on any atom is 0.303 e. The molecule has 12 heteroatoms. The van der Waals surface area contributed by atoms with Crippen LogP contribution in [0.3, 0.4) is 0 Å². The van der Waals surface area contributed by atoms with E-state index >= 15 is 0 Å². The van der Waals surface area contributed by atoms with Crippen LogP contribution in [0.15, 0.2) is 45.8 Å². The van der Waals surface area contributed by atoms with Crippen LogP contribution in [-0.2, 0) is 61.5 Å². The lowest BCUT2D eigenvalue weighted by atomic mass is 9.86. The number of halogens is 1. The Morgan fingerprint density at radius 2 is 1.48 bits per heavy atom. The average molecular weight is 668 g/mol. The Kier molecular flexibility index (Phi) is 11.6. The Hall–Kier alpha value is -2.93. The molecule has 0 spiro atoms. The van der Waals surface area contributed by atoms with Gasteiger partial charge >= 0.3 is 23.9 Å². The number of esters is 4. The molecule has 0 saturated carbocycles. The lowest BCUT2D eigenvalue weighted by molar-refractivity contribution is -0.360. The van der Waals surface area contributed by atoms with Crippen LogP contribution in [0.5, 0.6) is 0 Å². The molecule has 5 atom stereocenters. The van der Waals surface area contributed by atoms with E-state index in [2.05, 4.69) is 22.9 Å². The van der Waals surface area contributed by atoms with E-state index in [0.29, 0.717) is 11.3 Å². The van der Waals surface area contributed by atoms with Crippen molar-refractivity contribution in [3.05, 3.63) is 63.1 Å². The van der Waals surface area contributed by atoms with Crippen molar-refractivity contribution in [2.75, 3.05) is 12.9 Å². The van der Waals surface area contributed by atoms with E-state index in [9.17, 15) is 24.3 Å². The third-order valence-corrected chi connectivity index (χ3v) is 8.15.